The molecule has 6 heteroatoms. The maximum Gasteiger partial charge on any atom is 0.283 e. The van der Waals surface area contributed by atoms with E-state index >= 15 is 0 Å². The van der Waals surface area contributed by atoms with Crippen LogP contribution in [0.25, 0.3) is 0 Å². The molecule has 0 aromatic heterocycles. The average molecular weight is 267 g/mol. The molecule has 0 unspecified atom stereocenters. The molecule has 0 saturated carbocycles. The van der Waals surface area contributed by atoms with Gasteiger partial charge >= 0.3 is 0 Å². The van der Waals surface area contributed by atoms with E-state index in [2.05, 4.69) is 17.2 Å². The van der Waals surface area contributed by atoms with Gasteiger partial charge in [-0.05, 0) is 13.0 Å². The zero-order valence-corrected chi connectivity index (χ0v) is 10.5. The smallest absolute Gasteiger partial charge is 0.283 e. The van der Waals surface area contributed by atoms with Crippen molar-refractivity contribution in [2.45, 2.75) is 13.3 Å². The number of carbonyl (C=O) groups is 1. The number of nitro groups is 1. The first-order valence-corrected chi connectivity index (χ1v) is 5.56. The lowest BCUT2D eigenvalue weighted by atomic mass is 10.1. The molecular weight excluding hydrogens is 256 g/mol. The van der Waals surface area contributed by atoms with Gasteiger partial charge in [0.25, 0.3) is 11.6 Å². The number of halogens is 1. The van der Waals surface area contributed by atoms with E-state index in [4.69, 9.17) is 11.6 Å². The van der Waals surface area contributed by atoms with Crippen LogP contribution in [-0.2, 0) is 0 Å². The van der Waals surface area contributed by atoms with Crippen LogP contribution in [0.2, 0.25) is 5.02 Å². The molecule has 0 heterocycles. The Hall–Kier alpha value is -2.06. The van der Waals surface area contributed by atoms with Crippen molar-refractivity contribution in [2.75, 3.05) is 6.54 Å². The van der Waals surface area contributed by atoms with Crippen molar-refractivity contribution in [3.8, 4) is 11.8 Å². The summed E-state index contributed by atoms with van der Waals surface area (Å²) in [5, 5.41) is 13.4. The van der Waals surface area contributed by atoms with Gasteiger partial charge in [-0.2, -0.15) is 0 Å². The van der Waals surface area contributed by atoms with Crippen molar-refractivity contribution >= 4 is 23.2 Å². The molecule has 1 aromatic rings. The quantitative estimate of drug-likeness (QED) is 0.394. The lowest BCUT2D eigenvalue weighted by Crippen LogP contribution is -2.25. The van der Waals surface area contributed by atoms with Crippen LogP contribution in [0.1, 0.15) is 23.7 Å². The minimum atomic E-state index is -0.632. The highest BCUT2D eigenvalue weighted by atomic mass is 35.5. The van der Waals surface area contributed by atoms with Gasteiger partial charge in [0.1, 0.15) is 5.56 Å². The number of hydrogen-bond donors (Lipinski definition) is 1. The van der Waals surface area contributed by atoms with Crippen LogP contribution >= 0.6 is 11.6 Å². The predicted octanol–water partition coefficient (Wildman–Crippen LogP) is 2.39. The van der Waals surface area contributed by atoms with Crippen molar-refractivity contribution in [1.29, 1.82) is 0 Å². The highest BCUT2D eigenvalue weighted by Gasteiger charge is 2.22. The summed E-state index contributed by atoms with van der Waals surface area (Å²) in [6, 6.07) is 4.11. The van der Waals surface area contributed by atoms with Crippen molar-refractivity contribution in [3.63, 3.8) is 0 Å². The van der Waals surface area contributed by atoms with E-state index in [1.54, 1.807) is 6.92 Å². The number of amides is 1. The van der Waals surface area contributed by atoms with Crippen molar-refractivity contribution in [2.24, 2.45) is 0 Å². The Morgan fingerprint density at radius 3 is 2.89 bits per heavy atom. The number of nitrogens with zero attached hydrogens (tertiary/aromatic N) is 1. The normalized spacial score (nSPS) is 9.22. The predicted molar refractivity (Wildman–Crippen MR) is 68.5 cm³/mol. The second-order valence-electron chi connectivity index (χ2n) is 3.32. The van der Waals surface area contributed by atoms with Crippen LogP contribution in [0.5, 0.6) is 0 Å². The van der Waals surface area contributed by atoms with Gasteiger partial charge in [-0.1, -0.05) is 17.7 Å². The first-order valence-electron chi connectivity index (χ1n) is 5.18. The zero-order valence-electron chi connectivity index (χ0n) is 9.70. The Morgan fingerprint density at radius 1 is 1.56 bits per heavy atom. The van der Waals surface area contributed by atoms with Crippen LogP contribution in [0.4, 0.5) is 5.69 Å². The maximum atomic E-state index is 11.8. The number of benzene rings is 1. The van der Waals surface area contributed by atoms with Crippen molar-refractivity contribution < 1.29 is 9.72 Å². The Bertz CT molecular complexity index is 532. The molecule has 0 atom stereocenters. The second kappa shape index (κ2) is 6.62. The lowest BCUT2D eigenvalue weighted by Gasteiger charge is -2.05. The molecule has 0 spiro atoms. The van der Waals surface area contributed by atoms with E-state index < -0.39 is 10.8 Å². The molecule has 0 fully saturated rings. The van der Waals surface area contributed by atoms with E-state index in [-0.39, 0.29) is 16.3 Å². The number of nitrogens with one attached hydrogen (secondary N) is 1. The van der Waals surface area contributed by atoms with Crippen LogP contribution in [0.3, 0.4) is 0 Å². The summed E-state index contributed by atoms with van der Waals surface area (Å²) in [6.07, 6.45) is 0.487. The lowest BCUT2D eigenvalue weighted by molar-refractivity contribution is -0.385. The minimum absolute atomic E-state index is 0.0586. The molecule has 18 heavy (non-hydrogen) atoms. The third kappa shape index (κ3) is 3.47. The van der Waals surface area contributed by atoms with Gasteiger partial charge in [-0.3, -0.25) is 14.9 Å². The number of carbonyl (C=O) groups excluding carboxylic acids is 1. The monoisotopic (exact) mass is 266 g/mol. The van der Waals surface area contributed by atoms with Gasteiger partial charge < -0.3 is 5.32 Å². The summed E-state index contributed by atoms with van der Waals surface area (Å²) >= 11 is 5.82. The van der Waals surface area contributed by atoms with Crippen LogP contribution < -0.4 is 5.32 Å². The van der Waals surface area contributed by atoms with Crippen LogP contribution in [0, 0.1) is 22.0 Å². The van der Waals surface area contributed by atoms with E-state index in [9.17, 15) is 14.9 Å². The Morgan fingerprint density at radius 2 is 2.28 bits per heavy atom. The molecule has 5 nitrogen and oxygen atoms in total. The molecular formula is C12H11ClN2O3. The highest BCUT2D eigenvalue weighted by Crippen LogP contribution is 2.25. The summed E-state index contributed by atoms with van der Waals surface area (Å²) < 4.78 is 0. The van der Waals surface area contributed by atoms with E-state index in [1.165, 1.54) is 18.2 Å². The summed E-state index contributed by atoms with van der Waals surface area (Å²) in [7, 11) is 0. The van der Waals surface area contributed by atoms with Gasteiger partial charge in [0.2, 0.25) is 0 Å². The maximum absolute atomic E-state index is 11.8. The zero-order chi connectivity index (χ0) is 13.5. The molecule has 0 radical (unpaired) electrons. The third-order valence-electron chi connectivity index (χ3n) is 2.13. The second-order valence-corrected chi connectivity index (χ2v) is 3.73. The molecule has 0 aliphatic heterocycles. The summed E-state index contributed by atoms with van der Waals surface area (Å²) in [6.45, 7) is 2.02. The largest absolute Gasteiger partial charge is 0.351 e. The number of hydrogen-bond acceptors (Lipinski definition) is 3. The molecule has 0 bridgehead atoms. The molecule has 1 N–H and O–H groups in total. The molecule has 0 saturated heterocycles. The van der Waals surface area contributed by atoms with Gasteiger partial charge in [-0.25, -0.2) is 0 Å². The van der Waals surface area contributed by atoms with Crippen LogP contribution in [0.15, 0.2) is 18.2 Å². The molecule has 1 rings (SSSR count). The van der Waals surface area contributed by atoms with Gasteiger partial charge in [0.15, 0.2) is 0 Å². The Balaban J connectivity index is 2.89. The number of nitro benzene ring substituents is 1. The first kappa shape index (κ1) is 14.0. The van der Waals surface area contributed by atoms with Crippen molar-refractivity contribution in [3.05, 3.63) is 38.9 Å². The standard InChI is InChI=1S/C12H11ClN2O3/c1-2-3-4-8-14-12(16)11-9(13)6-5-7-10(11)15(17)18/h5-7H,4,8H2,1H3,(H,14,16). The van der Waals surface area contributed by atoms with Crippen molar-refractivity contribution in [1.82, 2.24) is 5.32 Å². The Labute approximate surface area is 109 Å². The third-order valence-corrected chi connectivity index (χ3v) is 2.44. The minimum Gasteiger partial charge on any atom is -0.351 e. The van der Waals surface area contributed by atoms with Gasteiger partial charge in [-0.15, -0.1) is 11.8 Å². The van der Waals surface area contributed by atoms with Crippen LogP contribution in [-0.4, -0.2) is 17.4 Å². The van der Waals surface area contributed by atoms with Gasteiger partial charge in [0.05, 0.1) is 9.95 Å². The van der Waals surface area contributed by atoms with E-state index in [1.807, 2.05) is 0 Å². The number of rotatable bonds is 4. The summed E-state index contributed by atoms with van der Waals surface area (Å²) in [5.74, 6) is 4.90. The first-order chi connectivity index (χ1) is 8.57. The molecule has 1 amide bonds. The molecule has 0 aliphatic carbocycles. The van der Waals surface area contributed by atoms with E-state index in [0.29, 0.717) is 13.0 Å². The summed E-state index contributed by atoms with van der Waals surface area (Å²) in [5.41, 5.74) is -0.421. The average Bonchev–Trinajstić information content (AvgIpc) is 2.34. The van der Waals surface area contributed by atoms with Gasteiger partial charge in [0, 0.05) is 19.0 Å². The highest BCUT2D eigenvalue weighted by molar-refractivity contribution is 6.34. The molecule has 1 aromatic carbocycles. The molecule has 0 aliphatic rings. The fourth-order valence-corrected chi connectivity index (χ4v) is 1.60. The fourth-order valence-electron chi connectivity index (χ4n) is 1.34. The summed E-state index contributed by atoms with van der Waals surface area (Å²) in [4.78, 5) is 22.0. The van der Waals surface area contributed by atoms with E-state index in [0.717, 1.165) is 0 Å². The topological polar surface area (TPSA) is 72.2 Å². The Kier molecular flexibility index (Phi) is 5.15. The SMILES string of the molecule is CC#CCCNC(=O)c1c(Cl)cccc1[N+](=O)[O-]. The molecule has 94 valence electrons. The fraction of sp³-hybridized carbons (Fsp3) is 0.250.